The first kappa shape index (κ1) is 5.52. The lowest BCUT2D eigenvalue weighted by Gasteiger charge is -1.91. The maximum absolute atomic E-state index is 3.99. The van der Waals surface area contributed by atoms with E-state index in [-0.39, 0.29) is 0 Å². The lowest BCUT2D eigenvalue weighted by Crippen LogP contribution is -1.82. The monoisotopic (exact) mass is 122 g/mol. The summed E-state index contributed by atoms with van der Waals surface area (Å²) in [6.45, 7) is 8.52. The second kappa shape index (κ2) is 1.25. The number of allylic oxidation sites excluding steroid dienone is 1. The first-order valence-electron chi connectivity index (χ1n) is 3.82. The zero-order valence-corrected chi connectivity index (χ0v) is 6.28. The van der Waals surface area contributed by atoms with Crippen molar-refractivity contribution < 1.29 is 0 Å². The third-order valence-electron chi connectivity index (χ3n) is 3.22. The zero-order valence-electron chi connectivity index (χ0n) is 6.28. The molecule has 0 heterocycles. The Morgan fingerprint density at radius 2 is 2.11 bits per heavy atom. The summed E-state index contributed by atoms with van der Waals surface area (Å²) in [7, 11) is 0. The standard InChI is InChI=1S/C9H14/c1-6(2)8-5-9(8)4-7(9)3/h7-8H,1,4-5H2,2-3H3. The van der Waals surface area contributed by atoms with Crippen molar-refractivity contribution in [2.24, 2.45) is 17.3 Å². The van der Waals surface area contributed by atoms with E-state index in [4.69, 9.17) is 0 Å². The van der Waals surface area contributed by atoms with Gasteiger partial charge in [-0.15, -0.1) is 0 Å². The van der Waals surface area contributed by atoms with Crippen molar-refractivity contribution in [3.8, 4) is 0 Å². The predicted octanol–water partition coefficient (Wildman–Crippen LogP) is 2.61. The van der Waals surface area contributed by atoms with Crippen LogP contribution in [0.4, 0.5) is 0 Å². The second-order valence-electron chi connectivity index (χ2n) is 3.94. The van der Waals surface area contributed by atoms with Gasteiger partial charge in [0.15, 0.2) is 0 Å². The highest BCUT2D eigenvalue weighted by Crippen LogP contribution is 2.76. The van der Waals surface area contributed by atoms with Gasteiger partial charge < -0.3 is 0 Å². The van der Waals surface area contributed by atoms with E-state index in [1.165, 1.54) is 18.4 Å². The fourth-order valence-corrected chi connectivity index (χ4v) is 2.27. The van der Waals surface area contributed by atoms with E-state index in [9.17, 15) is 0 Å². The van der Waals surface area contributed by atoms with E-state index in [1.807, 2.05) is 0 Å². The van der Waals surface area contributed by atoms with E-state index in [1.54, 1.807) is 0 Å². The maximum atomic E-state index is 3.99. The summed E-state index contributed by atoms with van der Waals surface area (Å²) >= 11 is 0. The molecule has 0 bridgehead atoms. The molecule has 0 heteroatoms. The van der Waals surface area contributed by atoms with Crippen LogP contribution >= 0.6 is 0 Å². The van der Waals surface area contributed by atoms with Crippen LogP contribution in [-0.2, 0) is 0 Å². The average Bonchev–Trinajstić information content (AvgIpc) is 2.54. The summed E-state index contributed by atoms with van der Waals surface area (Å²) in [5.74, 6) is 1.92. The molecule has 1 spiro atoms. The Morgan fingerprint density at radius 1 is 1.56 bits per heavy atom. The van der Waals surface area contributed by atoms with Gasteiger partial charge in [0.25, 0.3) is 0 Å². The molecule has 3 unspecified atom stereocenters. The Bertz CT molecular complexity index is 169. The first-order chi connectivity index (χ1) is 4.17. The van der Waals surface area contributed by atoms with Crippen molar-refractivity contribution in [2.75, 3.05) is 0 Å². The van der Waals surface area contributed by atoms with Gasteiger partial charge >= 0.3 is 0 Å². The van der Waals surface area contributed by atoms with Crippen molar-refractivity contribution in [2.45, 2.75) is 26.7 Å². The SMILES string of the molecule is C=C(C)C1CC12CC2C. The summed E-state index contributed by atoms with van der Waals surface area (Å²) in [6, 6.07) is 0. The number of rotatable bonds is 1. The van der Waals surface area contributed by atoms with E-state index >= 15 is 0 Å². The maximum Gasteiger partial charge on any atom is -0.0144 e. The highest BCUT2D eigenvalue weighted by atomic mass is 14.7. The molecule has 3 atom stereocenters. The van der Waals surface area contributed by atoms with Crippen LogP contribution in [0.15, 0.2) is 12.2 Å². The molecule has 2 rings (SSSR count). The Hall–Kier alpha value is -0.260. The van der Waals surface area contributed by atoms with Crippen LogP contribution in [0.25, 0.3) is 0 Å². The lowest BCUT2D eigenvalue weighted by molar-refractivity contribution is 0.710. The van der Waals surface area contributed by atoms with Crippen molar-refractivity contribution in [3.05, 3.63) is 12.2 Å². The van der Waals surface area contributed by atoms with Gasteiger partial charge in [-0.3, -0.25) is 0 Å². The van der Waals surface area contributed by atoms with Crippen molar-refractivity contribution >= 4 is 0 Å². The molecule has 0 amide bonds. The molecule has 2 aliphatic rings. The van der Waals surface area contributed by atoms with Gasteiger partial charge in [-0.05, 0) is 37.0 Å². The lowest BCUT2D eigenvalue weighted by atomic mass is 10.1. The van der Waals surface area contributed by atoms with Gasteiger partial charge in [0.2, 0.25) is 0 Å². The minimum atomic E-state index is 0.797. The van der Waals surface area contributed by atoms with Gasteiger partial charge in [0.05, 0.1) is 0 Å². The molecule has 9 heavy (non-hydrogen) atoms. The normalized spacial score (nSPS) is 53.6. The average molecular weight is 122 g/mol. The summed E-state index contributed by atoms with van der Waals surface area (Å²) < 4.78 is 0. The van der Waals surface area contributed by atoms with Crippen LogP contribution in [0.1, 0.15) is 26.7 Å². The minimum Gasteiger partial charge on any atom is -0.0998 e. The van der Waals surface area contributed by atoms with Crippen LogP contribution in [-0.4, -0.2) is 0 Å². The number of hydrogen-bond acceptors (Lipinski definition) is 0. The molecular weight excluding hydrogens is 108 g/mol. The van der Waals surface area contributed by atoms with E-state index in [2.05, 4.69) is 20.4 Å². The van der Waals surface area contributed by atoms with Crippen LogP contribution in [0, 0.1) is 17.3 Å². The summed E-state index contributed by atoms with van der Waals surface area (Å²) in [5, 5.41) is 0. The molecule has 0 nitrogen and oxygen atoms in total. The van der Waals surface area contributed by atoms with Gasteiger partial charge in [0, 0.05) is 0 Å². The largest absolute Gasteiger partial charge is 0.0998 e. The highest BCUT2D eigenvalue weighted by molar-refractivity contribution is 5.26. The Balaban J connectivity index is 2.04. The van der Waals surface area contributed by atoms with Crippen LogP contribution in [0.5, 0.6) is 0 Å². The van der Waals surface area contributed by atoms with Crippen molar-refractivity contribution in [1.29, 1.82) is 0 Å². The molecule has 50 valence electrons. The molecular formula is C9H14. The zero-order chi connectivity index (χ0) is 6.65. The molecule has 2 saturated carbocycles. The topological polar surface area (TPSA) is 0 Å². The third kappa shape index (κ3) is 0.540. The number of hydrogen-bond donors (Lipinski definition) is 0. The van der Waals surface area contributed by atoms with Crippen LogP contribution < -0.4 is 0 Å². The molecule has 0 aliphatic heterocycles. The van der Waals surface area contributed by atoms with Crippen molar-refractivity contribution in [1.82, 2.24) is 0 Å². The molecule has 0 aromatic carbocycles. The highest BCUT2D eigenvalue weighted by Gasteiger charge is 2.67. The quantitative estimate of drug-likeness (QED) is 0.469. The molecule has 0 aromatic rings. The molecule has 2 fully saturated rings. The van der Waals surface area contributed by atoms with Crippen LogP contribution in [0.3, 0.4) is 0 Å². The molecule has 2 aliphatic carbocycles. The Kier molecular flexibility index (Phi) is 0.769. The van der Waals surface area contributed by atoms with Gasteiger partial charge in [-0.1, -0.05) is 19.1 Å². The minimum absolute atomic E-state index is 0.797. The first-order valence-corrected chi connectivity index (χ1v) is 3.82. The summed E-state index contributed by atoms with van der Waals surface area (Å²) in [5.41, 5.74) is 2.21. The third-order valence-corrected chi connectivity index (χ3v) is 3.22. The molecule has 0 N–H and O–H groups in total. The van der Waals surface area contributed by atoms with Gasteiger partial charge in [0.1, 0.15) is 0 Å². The predicted molar refractivity (Wildman–Crippen MR) is 39.1 cm³/mol. The Morgan fingerprint density at radius 3 is 2.22 bits per heavy atom. The molecule has 0 saturated heterocycles. The van der Waals surface area contributed by atoms with Gasteiger partial charge in [-0.2, -0.15) is 0 Å². The van der Waals surface area contributed by atoms with E-state index in [0.717, 1.165) is 17.3 Å². The fraction of sp³-hybridized carbons (Fsp3) is 0.778. The second-order valence-corrected chi connectivity index (χ2v) is 3.94. The van der Waals surface area contributed by atoms with E-state index < -0.39 is 0 Å². The Labute approximate surface area is 57.0 Å². The smallest absolute Gasteiger partial charge is 0.0144 e. The summed E-state index contributed by atoms with van der Waals surface area (Å²) in [6.07, 6.45) is 2.92. The van der Waals surface area contributed by atoms with Crippen molar-refractivity contribution in [3.63, 3.8) is 0 Å². The fourth-order valence-electron chi connectivity index (χ4n) is 2.27. The van der Waals surface area contributed by atoms with E-state index in [0.29, 0.717) is 0 Å². The molecule has 0 radical (unpaired) electrons. The van der Waals surface area contributed by atoms with Crippen LogP contribution in [0.2, 0.25) is 0 Å². The van der Waals surface area contributed by atoms with Gasteiger partial charge in [-0.25, -0.2) is 0 Å². The summed E-state index contributed by atoms with van der Waals surface area (Å²) in [4.78, 5) is 0. The molecule has 0 aromatic heterocycles.